The summed E-state index contributed by atoms with van der Waals surface area (Å²) in [5, 5.41) is 0. The van der Waals surface area contributed by atoms with E-state index in [4.69, 9.17) is 10.5 Å². The molecular formula is C11H19N3O. The van der Waals surface area contributed by atoms with E-state index in [0.29, 0.717) is 12.5 Å². The van der Waals surface area contributed by atoms with Gasteiger partial charge >= 0.3 is 0 Å². The van der Waals surface area contributed by atoms with Crippen LogP contribution in [0.15, 0.2) is 12.4 Å². The first-order valence-corrected chi connectivity index (χ1v) is 5.45. The molecule has 1 unspecified atom stereocenters. The molecule has 1 aromatic rings. The van der Waals surface area contributed by atoms with E-state index in [1.54, 1.807) is 12.4 Å². The molecule has 0 aliphatic rings. The second-order valence-electron chi connectivity index (χ2n) is 3.53. The van der Waals surface area contributed by atoms with Gasteiger partial charge in [0.15, 0.2) is 0 Å². The molecule has 0 aliphatic heterocycles. The predicted molar refractivity (Wildman–Crippen MR) is 59.8 cm³/mol. The maximum Gasteiger partial charge on any atom is 0.232 e. The Labute approximate surface area is 90.9 Å². The molecule has 0 saturated heterocycles. The third kappa shape index (κ3) is 4.25. The highest BCUT2D eigenvalue weighted by molar-refractivity contribution is 5.09. The van der Waals surface area contributed by atoms with E-state index in [0.717, 1.165) is 25.0 Å². The zero-order valence-corrected chi connectivity index (χ0v) is 9.44. The molecule has 15 heavy (non-hydrogen) atoms. The van der Waals surface area contributed by atoms with Crippen molar-refractivity contribution in [1.29, 1.82) is 0 Å². The van der Waals surface area contributed by atoms with Crippen molar-refractivity contribution in [2.75, 3.05) is 6.61 Å². The number of hydrogen-bond donors (Lipinski definition) is 1. The van der Waals surface area contributed by atoms with Gasteiger partial charge in [0.1, 0.15) is 0 Å². The fourth-order valence-electron chi connectivity index (χ4n) is 1.44. The lowest BCUT2D eigenvalue weighted by Gasteiger charge is -2.09. The van der Waals surface area contributed by atoms with E-state index >= 15 is 0 Å². The van der Waals surface area contributed by atoms with Gasteiger partial charge in [-0.2, -0.15) is 0 Å². The molecule has 0 aliphatic carbocycles. The summed E-state index contributed by atoms with van der Waals surface area (Å²) >= 11 is 0. The van der Waals surface area contributed by atoms with Crippen molar-refractivity contribution in [3.05, 3.63) is 18.1 Å². The fourth-order valence-corrected chi connectivity index (χ4v) is 1.44. The summed E-state index contributed by atoms with van der Waals surface area (Å²) < 4.78 is 5.27. The van der Waals surface area contributed by atoms with Crippen LogP contribution in [0.3, 0.4) is 0 Å². The predicted octanol–water partition coefficient (Wildman–Crippen LogP) is 1.55. The highest BCUT2D eigenvalue weighted by Gasteiger charge is 2.05. The minimum atomic E-state index is 0.168. The van der Waals surface area contributed by atoms with Crippen LogP contribution in [0.2, 0.25) is 0 Å². The first kappa shape index (κ1) is 11.9. The minimum absolute atomic E-state index is 0.168. The number of nitrogens with zero attached hydrogens (tertiary/aromatic N) is 2. The molecule has 1 rings (SSSR count). The topological polar surface area (TPSA) is 61.0 Å². The Hall–Kier alpha value is -1.16. The largest absolute Gasteiger partial charge is 0.477 e. The molecule has 4 nitrogen and oxygen atoms in total. The summed E-state index contributed by atoms with van der Waals surface area (Å²) in [7, 11) is 0. The Morgan fingerprint density at radius 1 is 1.40 bits per heavy atom. The van der Waals surface area contributed by atoms with Gasteiger partial charge in [0.2, 0.25) is 5.88 Å². The molecule has 0 fully saturated rings. The summed E-state index contributed by atoms with van der Waals surface area (Å²) in [5.41, 5.74) is 6.84. The van der Waals surface area contributed by atoms with E-state index in [9.17, 15) is 0 Å². The minimum Gasteiger partial charge on any atom is -0.477 e. The molecule has 4 heteroatoms. The highest BCUT2D eigenvalue weighted by Crippen LogP contribution is 2.08. The van der Waals surface area contributed by atoms with Crippen molar-refractivity contribution < 1.29 is 4.74 Å². The third-order valence-corrected chi connectivity index (χ3v) is 2.09. The van der Waals surface area contributed by atoms with Crippen LogP contribution < -0.4 is 10.5 Å². The van der Waals surface area contributed by atoms with E-state index in [-0.39, 0.29) is 6.04 Å². The average molecular weight is 209 g/mol. The Bertz CT molecular complexity index is 291. The summed E-state index contributed by atoms with van der Waals surface area (Å²) in [6.45, 7) is 4.67. The second-order valence-corrected chi connectivity index (χ2v) is 3.53. The molecule has 84 valence electrons. The summed E-state index contributed by atoms with van der Waals surface area (Å²) in [5.74, 6) is 0.582. The third-order valence-electron chi connectivity index (χ3n) is 2.09. The van der Waals surface area contributed by atoms with Crippen molar-refractivity contribution in [2.24, 2.45) is 5.73 Å². The highest BCUT2D eigenvalue weighted by atomic mass is 16.5. The van der Waals surface area contributed by atoms with Gasteiger partial charge in [0, 0.05) is 18.7 Å². The molecule has 0 saturated carbocycles. The van der Waals surface area contributed by atoms with Gasteiger partial charge in [-0.15, -0.1) is 0 Å². The van der Waals surface area contributed by atoms with Crippen LogP contribution in [0.1, 0.15) is 32.4 Å². The van der Waals surface area contributed by atoms with Crippen LogP contribution in [-0.4, -0.2) is 22.6 Å². The number of aromatic nitrogens is 2. The summed E-state index contributed by atoms with van der Waals surface area (Å²) in [6.07, 6.45) is 6.25. The molecule has 1 atom stereocenters. The van der Waals surface area contributed by atoms with Gasteiger partial charge in [0.25, 0.3) is 0 Å². The Balaban J connectivity index is 2.56. The first-order chi connectivity index (χ1) is 7.26. The van der Waals surface area contributed by atoms with Crippen molar-refractivity contribution in [1.82, 2.24) is 9.97 Å². The van der Waals surface area contributed by atoms with Crippen LogP contribution in [0, 0.1) is 0 Å². The lowest BCUT2D eigenvalue weighted by atomic mass is 10.1. The average Bonchev–Trinajstić information content (AvgIpc) is 2.19. The number of ether oxygens (including phenoxy) is 1. The zero-order chi connectivity index (χ0) is 11.1. The number of hydrogen-bond acceptors (Lipinski definition) is 4. The van der Waals surface area contributed by atoms with Gasteiger partial charge in [0.05, 0.1) is 18.5 Å². The summed E-state index contributed by atoms with van der Waals surface area (Å²) in [6, 6.07) is 0.168. The van der Waals surface area contributed by atoms with Gasteiger partial charge in [-0.25, -0.2) is 4.98 Å². The lowest BCUT2D eigenvalue weighted by Crippen LogP contribution is -2.23. The molecule has 0 radical (unpaired) electrons. The maximum atomic E-state index is 5.93. The second kappa shape index (κ2) is 6.35. The SMILES string of the molecule is CCCC(N)Cc1cncc(OCC)n1. The lowest BCUT2D eigenvalue weighted by molar-refractivity contribution is 0.323. The van der Waals surface area contributed by atoms with E-state index in [2.05, 4.69) is 16.9 Å². The van der Waals surface area contributed by atoms with Crippen LogP contribution in [0.25, 0.3) is 0 Å². The van der Waals surface area contributed by atoms with Crippen LogP contribution >= 0.6 is 0 Å². The smallest absolute Gasteiger partial charge is 0.232 e. The molecule has 0 spiro atoms. The van der Waals surface area contributed by atoms with Gasteiger partial charge < -0.3 is 10.5 Å². The van der Waals surface area contributed by atoms with Crippen molar-refractivity contribution in [2.45, 2.75) is 39.2 Å². The molecule has 0 amide bonds. The normalized spacial score (nSPS) is 12.5. The monoisotopic (exact) mass is 209 g/mol. The van der Waals surface area contributed by atoms with Gasteiger partial charge in [-0.3, -0.25) is 4.98 Å². The van der Waals surface area contributed by atoms with E-state index < -0.39 is 0 Å². The molecular weight excluding hydrogens is 190 g/mol. The van der Waals surface area contributed by atoms with Gasteiger partial charge in [-0.05, 0) is 13.3 Å². The van der Waals surface area contributed by atoms with Crippen LogP contribution in [0.4, 0.5) is 0 Å². The number of nitrogens with two attached hydrogens (primary N) is 1. The maximum absolute atomic E-state index is 5.93. The van der Waals surface area contributed by atoms with Crippen LogP contribution in [0.5, 0.6) is 5.88 Å². The van der Waals surface area contributed by atoms with Crippen LogP contribution in [-0.2, 0) is 6.42 Å². The Morgan fingerprint density at radius 2 is 2.20 bits per heavy atom. The molecule has 2 N–H and O–H groups in total. The zero-order valence-electron chi connectivity index (χ0n) is 9.44. The van der Waals surface area contributed by atoms with E-state index in [1.165, 1.54) is 0 Å². The fraction of sp³-hybridized carbons (Fsp3) is 0.636. The molecule has 0 bridgehead atoms. The van der Waals surface area contributed by atoms with E-state index in [1.807, 2.05) is 6.92 Å². The quantitative estimate of drug-likeness (QED) is 0.772. The summed E-state index contributed by atoms with van der Waals surface area (Å²) in [4.78, 5) is 8.39. The standard InChI is InChI=1S/C11H19N3O/c1-3-5-9(12)6-10-7-13-8-11(14-10)15-4-2/h7-9H,3-6,12H2,1-2H3. The first-order valence-electron chi connectivity index (χ1n) is 5.45. The Kier molecular flexibility index (Phi) is 5.04. The van der Waals surface area contributed by atoms with Crippen molar-refractivity contribution >= 4 is 0 Å². The number of rotatable bonds is 6. The Morgan fingerprint density at radius 3 is 2.87 bits per heavy atom. The van der Waals surface area contributed by atoms with Gasteiger partial charge in [-0.1, -0.05) is 13.3 Å². The molecule has 1 heterocycles. The molecule has 1 aromatic heterocycles. The van der Waals surface area contributed by atoms with Crippen molar-refractivity contribution in [3.63, 3.8) is 0 Å². The van der Waals surface area contributed by atoms with Crippen molar-refractivity contribution in [3.8, 4) is 5.88 Å². The molecule has 0 aromatic carbocycles.